The lowest BCUT2D eigenvalue weighted by molar-refractivity contribution is 0.103. The Hall–Kier alpha value is -3.47. The van der Waals surface area contributed by atoms with Gasteiger partial charge in [0.2, 0.25) is 0 Å². The van der Waals surface area contributed by atoms with E-state index in [1.54, 1.807) is 30.3 Å². The molecule has 0 atom stereocenters. The van der Waals surface area contributed by atoms with Crippen LogP contribution in [0.5, 0.6) is 11.5 Å². The monoisotopic (exact) mass is 470 g/mol. The second kappa shape index (κ2) is 11.8. The van der Waals surface area contributed by atoms with E-state index in [9.17, 15) is 15.0 Å². The third-order valence-electron chi connectivity index (χ3n) is 6.61. The molecule has 3 aromatic carbocycles. The largest absolute Gasteiger partial charge is 0.504 e. The maximum absolute atomic E-state index is 12.8. The molecule has 4 aromatic rings. The smallest absolute Gasteiger partial charge is 0.193 e. The maximum atomic E-state index is 12.8. The molecule has 0 unspecified atom stereocenters. The fraction of sp³-hybridized carbons (Fsp3) is 0.367. The van der Waals surface area contributed by atoms with Gasteiger partial charge in [0.05, 0.1) is 22.1 Å². The molecule has 0 bridgehead atoms. The quantitative estimate of drug-likeness (QED) is 0.0969. The first-order chi connectivity index (χ1) is 17.1. The van der Waals surface area contributed by atoms with E-state index in [1.807, 2.05) is 18.2 Å². The maximum Gasteiger partial charge on any atom is 0.193 e. The molecule has 35 heavy (non-hydrogen) atoms. The van der Waals surface area contributed by atoms with Gasteiger partial charge in [-0.25, -0.2) is 9.97 Å². The minimum Gasteiger partial charge on any atom is -0.504 e. The summed E-state index contributed by atoms with van der Waals surface area (Å²) in [6, 6.07) is 15.9. The molecule has 0 radical (unpaired) electrons. The number of ketones is 1. The van der Waals surface area contributed by atoms with Crippen LogP contribution in [0.15, 0.2) is 54.6 Å². The van der Waals surface area contributed by atoms with Crippen LogP contribution in [0.4, 0.5) is 0 Å². The molecule has 0 fully saturated rings. The first-order valence-electron chi connectivity index (χ1n) is 12.8. The summed E-state index contributed by atoms with van der Waals surface area (Å²) in [4.78, 5) is 22.3. The van der Waals surface area contributed by atoms with Crippen molar-refractivity contribution < 1.29 is 15.0 Å². The summed E-state index contributed by atoms with van der Waals surface area (Å²) in [5, 5.41) is 20.9. The van der Waals surface area contributed by atoms with Crippen LogP contribution in [-0.4, -0.2) is 26.0 Å². The third kappa shape index (κ3) is 5.97. The third-order valence-corrected chi connectivity index (χ3v) is 6.61. The van der Waals surface area contributed by atoms with Crippen molar-refractivity contribution in [3.63, 3.8) is 0 Å². The number of carbonyl (C=O) groups is 1. The highest BCUT2D eigenvalue weighted by Crippen LogP contribution is 2.36. The Kier molecular flexibility index (Phi) is 8.30. The minimum atomic E-state index is -0.186. The molecule has 0 saturated carbocycles. The van der Waals surface area contributed by atoms with Crippen LogP contribution in [-0.2, 0) is 6.42 Å². The number of phenolic OH excluding ortho intramolecular Hbond substituents is 2. The summed E-state index contributed by atoms with van der Waals surface area (Å²) >= 11 is 0. The van der Waals surface area contributed by atoms with Crippen LogP contribution < -0.4 is 0 Å². The van der Waals surface area contributed by atoms with E-state index < -0.39 is 0 Å². The molecule has 4 rings (SSSR count). The minimum absolute atomic E-state index is 0.0750. The molecule has 0 aliphatic carbocycles. The summed E-state index contributed by atoms with van der Waals surface area (Å²) < 4.78 is 0. The number of carbonyl (C=O) groups excluding carboxylic acids is 1. The van der Waals surface area contributed by atoms with Gasteiger partial charge >= 0.3 is 0 Å². The summed E-state index contributed by atoms with van der Waals surface area (Å²) in [7, 11) is 0. The van der Waals surface area contributed by atoms with Gasteiger partial charge in [0.25, 0.3) is 0 Å². The van der Waals surface area contributed by atoms with Crippen molar-refractivity contribution in [3.8, 4) is 11.5 Å². The molecule has 5 heteroatoms. The number of aryl methyl sites for hydroxylation is 1. The average molecular weight is 471 g/mol. The van der Waals surface area contributed by atoms with E-state index in [4.69, 9.17) is 4.98 Å². The highest BCUT2D eigenvalue weighted by atomic mass is 16.3. The van der Waals surface area contributed by atoms with Crippen LogP contribution in [0.1, 0.15) is 86.2 Å². The second-order valence-electron chi connectivity index (χ2n) is 9.29. The van der Waals surface area contributed by atoms with E-state index in [0.717, 1.165) is 12.8 Å². The van der Waals surface area contributed by atoms with Crippen molar-refractivity contribution in [1.82, 2.24) is 9.97 Å². The topological polar surface area (TPSA) is 83.3 Å². The fourth-order valence-corrected chi connectivity index (χ4v) is 4.60. The van der Waals surface area contributed by atoms with Crippen LogP contribution in [0.25, 0.3) is 22.1 Å². The number of phenols is 2. The van der Waals surface area contributed by atoms with Gasteiger partial charge in [-0.05, 0) is 31.0 Å². The first kappa shape index (κ1) is 24.6. The average Bonchev–Trinajstić information content (AvgIpc) is 2.88. The zero-order valence-corrected chi connectivity index (χ0v) is 20.5. The Labute approximate surface area is 206 Å². The number of aromatic nitrogens is 2. The number of hydrogen-bond acceptors (Lipinski definition) is 5. The highest BCUT2D eigenvalue weighted by molar-refractivity contribution is 6.10. The lowest BCUT2D eigenvalue weighted by Crippen LogP contribution is -2.02. The Morgan fingerprint density at radius 1 is 0.714 bits per heavy atom. The van der Waals surface area contributed by atoms with Crippen molar-refractivity contribution >= 4 is 27.9 Å². The molecule has 1 heterocycles. The number of rotatable bonds is 12. The summed E-state index contributed by atoms with van der Waals surface area (Å²) in [6.07, 6.45) is 11.6. The number of unbranched alkanes of at least 4 members (excludes halogenated alkanes) is 8. The zero-order valence-electron chi connectivity index (χ0n) is 20.5. The van der Waals surface area contributed by atoms with Gasteiger partial charge < -0.3 is 10.2 Å². The predicted molar refractivity (Wildman–Crippen MR) is 141 cm³/mol. The molecule has 1 aromatic heterocycles. The van der Waals surface area contributed by atoms with Gasteiger partial charge in [-0.15, -0.1) is 0 Å². The first-order valence-corrected chi connectivity index (χ1v) is 12.8. The van der Waals surface area contributed by atoms with Crippen molar-refractivity contribution in [2.45, 2.75) is 71.1 Å². The summed E-state index contributed by atoms with van der Waals surface area (Å²) in [6.45, 7) is 2.23. The normalized spacial score (nSPS) is 11.3. The molecule has 0 saturated heterocycles. The number of benzene rings is 3. The Balaban J connectivity index is 1.51. The number of aromatic hydroxyl groups is 2. The van der Waals surface area contributed by atoms with Gasteiger partial charge in [-0.1, -0.05) is 88.6 Å². The van der Waals surface area contributed by atoms with E-state index in [-0.39, 0.29) is 17.3 Å². The lowest BCUT2D eigenvalue weighted by atomic mass is 10.0. The Morgan fingerprint density at radius 3 is 2.11 bits per heavy atom. The molecular weight excluding hydrogens is 436 g/mol. The van der Waals surface area contributed by atoms with E-state index in [2.05, 4.69) is 11.9 Å². The number of hydrogen-bond donors (Lipinski definition) is 2. The molecule has 0 aliphatic rings. The molecule has 0 spiro atoms. The predicted octanol–water partition coefficient (Wildman–Crippen LogP) is 7.50. The lowest BCUT2D eigenvalue weighted by Gasteiger charge is -2.11. The van der Waals surface area contributed by atoms with Crippen LogP contribution in [0, 0.1) is 0 Å². The molecule has 2 N–H and O–H groups in total. The van der Waals surface area contributed by atoms with Crippen LogP contribution in [0.2, 0.25) is 0 Å². The SMILES string of the molecule is CCCCCCCCCCCc1c(O)c(O)cc2nc3cc(C(=O)c4ccccc4)ccc3nc12. The van der Waals surface area contributed by atoms with Crippen LogP contribution in [0.3, 0.4) is 0 Å². The molecular formula is C30H34N2O3. The standard InChI is InChI=1S/C30H34N2O3/c1-2-3-4-5-6-7-8-9-13-16-23-28-26(20-27(33)30(23)35)31-25-19-22(17-18-24(25)32-28)29(34)21-14-11-10-12-15-21/h10-12,14-15,17-20,33,35H,2-9,13,16H2,1H3. The zero-order chi connectivity index (χ0) is 24.6. The van der Waals surface area contributed by atoms with E-state index in [0.29, 0.717) is 45.2 Å². The molecule has 5 nitrogen and oxygen atoms in total. The van der Waals surface area contributed by atoms with Gasteiger partial charge in [-0.2, -0.15) is 0 Å². The number of fused-ring (bicyclic) bond motifs is 2. The fourth-order valence-electron chi connectivity index (χ4n) is 4.60. The van der Waals surface area contributed by atoms with E-state index in [1.165, 1.54) is 51.0 Å². The van der Waals surface area contributed by atoms with Gasteiger partial charge in [0.1, 0.15) is 0 Å². The van der Waals surface area contributed by atoms with Gasteiger partial charge in [-0.3, -0.25) is 4.79 Å². The van der Waals surface area contributed by atoms with Crippen molar-refractivity contribution in [2.75, 3.05) is 0 Å². The van der Waals surface area contributed by atoms with Crippen LogP contribution >= 0.6 is 0 Å². The molecule has 0 aliphatic heterocycles. The molecule has 0 amide bonds. The second-order valence-corrected chi connectivity index (χ2v) is 9.29. The summed E-state index contributed by atoms with van der Waals surface area (Å²) in [5.41, 5.74) is 4.15. The van der Waals surface area contributed by atoms with Crippen molar-refractivity contribution in [1.29, 1.82) is 0 Å². The van der Waals surface area contributed by atoms with Gasteiger partial charge in [0.15, 0.2) is 17.3 Å². The Morgan fingerprint density at radius 2 is 1.40 bits per heavy atom. The number of nitrogens with zero attached hydrogens (tertiary/aromatic N) is 2. The van der Waals surface area contributed by atoms with E-state index >= 15 is 0 Å². The Bertz CT molecular complexity index is 1300. The van der Waals surface area contributed by atoms with Gasteiger partial charge in [0, 0.05) is 22.8 Å². The molecule has 182 valence electrons. The van der Waals surface area contributed by atoms with Crippen molar-refractivity contribution in [2.24, 2.45) is 0 Å². The summed E-state index contributed by atoms with van der Waals surface area (Å²) in [5.74, 6) is -0.371. The van der Waals surface area contributed by atoms with Crippen molar-refractivity contribution in [3.05, 3.63) is 71.3 Å². The highest BCUT2D eigenvalue weighted by Gasteiger charge is 2.16.